The fraction of sp³-hybridized carbons (Fsp3) is 0.543. The van der Waals surface area contributed by atoms with Crippen LogP contribution in [0, 0.1) is 5.92 Å². The predicted molar refractivity (Wildman–Crippen MR) is 172 cm³/mol. The minimum Gasteiger partial charge on any atom is -0.458 e. The van der Waals surface area contributed by atoms with E-state index < -0.39 is 53.2 Å². The van der Waals surface area contributed by atoms with E-state index in [0.717, 1.165) is 5.56 Å². The number of carbonyl (C=O) groups is 4. The molecule has 0 radical (unpaired) electrons. The summed E-state index contributed by atoms with van der Waals surface area (Å²) in [6.07, 6.45) is 0.404. The van der Waals surface area contributed by atoms with Crippen LogP contribution >= 0.6 is 0 Å². The van der Waals surface area contributed by atoms with Crippen LogP contribution in [0.5, 0.6) is 0 Å². The summed E-state index contributed by atoms with van der Waals surface area (Å²) < 4.78 is 11.1. The van der Waals surface area contributed by atoms with Crippen LogP contribution in [0.1, 0.15) is 92.3 Å². The fourth-order valence-electron chi connectivity index (χ4n) is 4.73. The van der Waals surface area contributed by atoms with E-state index in [1.165, 1.54) is 4.90 Å². The normalized spacial score (nSPS) is 13.8. The first-order valence-corrected chi connectivity index (χ1v) is 15.4. The number of rotatable bonds is 13. The van der Waals surface area contributed by atoms with Crippen LogP contribution in [-0.2, 0) is 30.3 Å². The van der Waals surface area contributed by atoms with Gasteiger partial charge in [0.2, 0.25) is 11.8 Å². The molecule has 0 saturated carbocycles. The maximum Gasteiger partial charge on any atom is 0.408 e. The third kappa shape index (κ3) is 12.4. The number of hydrogen-bond acceptors (Lipinski definition) is 6. The van der Waals surface area contributed by atoms with E-state index in [0.29, 0.717) is 18.4 Å². The third-order valence-corrected chi connectivity index (χ3v) is 6.41. The molecule has 9 nitrogen and oxygen atoms in total. The SMILES string of the molecule is CCCN(C(=O)C(CC(C)C)NC(=O)OC(C)(C)C)C(C(=O)NC(Cc1ccccc1)C(=O)OC(C)(C)C)c1ccccc1. The standard InChI is InChI=1S/C35H51N3O6/c1-10-21-38(31(40)27(22-24(2)3)37-33(42)44-35(7,8)9)29(26-19-15-12-16-20-26)30(39)36-28(32(41)43-34(4,5)6)23-25-17-13-11-14-18-25/h11-20,24,27-29H,10,21-23H2,1-9H3,(H,36,39)(H,37,42). The number of benzene rings is 2. The van der Waals surface area contributed by atoms with Gasteiger partial charge >= 0.3 is 12.1 Å². The third-order valence-electron chi connectivity index (χ3n) is 6.41. The first-order chi connectivity index (χ1) is 20.5. The summed E-state index contributed by atoms with van der Waals surface area (Å²) in [4.78, 5) is 56.2. The highest BCUT2D eigenvalue weighted by atomic mass is 16.6. The lowest BCUT2D eigenvalue weighted by Gasteiger charge is -2.35. The molecule has 0 aliphatic rings. The van der Waals surface area contributed by atoms with Crippen LogP contribution in [0.3, 0.4) is 0 Å². The number of nitrogens with one attached hydrogen (secondary N) is 2. The second-order valence-corrected chi connectivity index (χ2v) is 13.5. The van der Waals surface area contributed by atoms with Gasteiger partial charge in [0, 0.05) is 13.0 Å². The molecule has 0 spiro atoms. The Morgan fingerprint density at radius 2 is 1.32 bits per heavy atom. The van der Waals surface area contributed by atoms with Gasteiger partial charge in [-0.15, -0.1) is 0 Å². The number of nitrogens with zero attached hydrogens (tertiary/aromatic N) is 1. The van der Waals surface area contributed by atoms with Crippen molar-refractivity contribution in [3.05, 3.63) is 71.8 Å². The Morgan fingerprint density at radius 3 is 1.82 bits per heavy atom. The molecule has 0 fully saturated rings. The van der Waals surface area contributed by atoms with Crippen molar-refractivity contribution in [3.63, 3.8) is 0 Å². The fourth-order valence-corrected chi connectivity index (χ4v) is 4.73. The molecular weight excluding hydrogens is 558 g/mol. The van der Waals surface area contributed by atoms with Gasteiger partial charge in [0.1, 0.15) is 29.3 Å². The lowest BCUT2D eigenvalue weighted by molar-refractivity contribution is -0.159. The molecule has 2 aromatic rings. The number of ether oxygens (including phenoxy) is 2. The van der Waals surface area contributed by atoms with Crippen molar-refractivity contribution < 1.29 is 28.7 Å². The second kappa shape index (κ2) is 16.3. The smallest absolute Gasteiger partial charge is 0.408 e. The lowest BCUT2D eigenvalue weighted by atomic mass is 9.98. The Kier molecular flexibility index (Phi) is 13.4. The molecule has 0 aromatic heterocycles. The van der Waals surface area contributed by atoms with Crippen molar-refractivity contribution in [2.45, 2.75) is 111 Å². The average molecular weight is 610 g/mol. The van der Waals surface area contributed by atoms with Gasteiger partial charge in [-0.05, 0) is 71.4 Å². The van der Waals surface area contributed by atoms with Crippen LogP contribution in [0.2, 0.25) is 0 Å². The highest BCUT2D eigenvalue weighted by molar-refractivity contribution is 5.94. The summed E-state index contributed by atoms with van der Waals surface area (Å²) >= 11 is 0. The van der Waals surface area contributed by atoms with Gasteiger partial charge in [-0.3, -0.25) is 9.59 Å². The zero-order valence-corrected chi connectivity index (χ0v) is 27.8. The lowest BCUT2D eigenvalue weighted by Crippen LogP contribution is -2.55. The Labute approximate surface area is 263 Å². The van der Waals surface area contributed by atoms with Crippen molar-refractivity contribution in [2.24, 2.45) is 5.92 Å². The molecule has 3 unspecified atom stereocenters. The van der Waals surface area contributed by atoms with E-state index in [1.807, 2.05) is 57.2 Å². The predicted octanol–water partition coefficient (Wildman–Crippen LogP) is 5.97. The van der Waals surface area contributed by atoms with E-state index in [1.54, 1.807) is 65.8 Å². The largest absolute Gasteiger partial charge is 0.458 e. The monoisotopic (exact) mass is 609 g/mol. The van der Waals surface area contributed by atoms with Gasteiger partial charge in [-0.25, -0.2) is 9.59 Å². The zero-order chi connectivity index (χ0) is 33.1. The molecule has 2 aromatic carbocycles. The summed E-state index contributed by atoms with van der Waals surface area (Å²) in [5, 5.41) is 5.66. The maximum absolute atomic E-state index is 14.3. The van der Waals surface area contributed by atoms with Gasteiger partial charge in [0.05, 0.1) is 0 Å². The van der Waals surface area contributed by atoms with E-state index in [2.05, 4.69) is 10.6 Å². The molecular formula is C35H51N3O6. The Morgan fingerprint density at radius 1 is 0.773 bits per heavy atom. The molecule has 3 amide bonds. The number of amides is 3. The number of alkyl carbamates (subject to hydrolysis) is 1. The van der Waals surface area contributed by atoms with Crippen molar-refractivity contribution in [3.8, 4) is 0 Å². The molecule has 2 N–H and O–H groups in total. The summed E-state index contributed by atoms with van der Waals surface area (Å²) in [5.74, 6) is -1.44. The van der Waals surface area contributed by atoms with Gasteiger partial charge in [-0.2, -0.15) is 0 Å². The Bertz CT molecular complexity index is 1220. The van der Waals surface area contributed by atoms with Crippen LogP contribution in [0.15, 0.2) is 60.7 Å². The first-order valence-electron chi connectivity index (χ1n) is 15.4. The van der Waals surface area contributed by atoms with Crippen LogP contribution in [0.4, 0.5) is 4.79 Å². The summed E-state index contributed by atoms with van der Waals surface area (Å²) in [6.45, 7) is 16.6. The minimum atomic E-state index is -1.07. The molecule has 3 atom stereocenters. The van der Waals surface area contributed by atoms with Crippen LogP contribution in [0.25, 0.3) is 0 Å². The van der Waals surface area contributed by atoms with Crippen molar-refractivity contribution >= 4 is 23.9 Å². The quantitative estimate of drug-likeness (QED) is 0.270. The molecule has 44 heavy (non-hydrogen) atoms. The Balaban J connectivity index is 2.52. The molecule has 242 valence electrons. The van der Waals surface area contributed by atoms with E-state index in [-0.39, 0.29) is 18.9 Å². The van der Waals surface area contributed by atoms with E-state index in [4.69, 9.17) is 9.47 Å². The summed E-state index contributed by atoms with van der Waals surface area (Å²) in [6, 6.07) is 15.3. The highest BCUT2D eigenvalue weighted by Gasteiger charge is 2.38. The summed E-state index contributed by atoms with van der Waals surface area (Å²) in [5.41, 5.74) is -0.0903. The van der Waals surface area contributed by atoms with Crippen LogP contribution < -0.4 is 10.6 Å². The van der Waals surface area contributed by atoms with Crippen molar-refractivity contribution in [1.82, 2.24) is 15.5 Å². The van der Waals surface area contributed by atoms with Crippen molar-refractivity contribution in [1.29, 1.82) is 0 Å². The van der Waals surface area contributed by atoms with Gasteiger partial charge in [0.25, 0.3) is 0 Å². The second-order valence-electron chi connectivity index (χ2n) is 13.5. The van der Waals surface area contributed by atoms with E-state index in [9.17, 15) is 19.2 Å². The highest BCUT2D eigenvalue weighted by Crippen LogP contribution is 2.25. The molecule has 0 saturated heterocycles. The maximum atomic E-state index is 14.3. The van der Waals surface area contributed by atoms with Gasteiger partial charge in [0.15, 0.2) is 0 Å². The topological polar surface area (TPSA) is 114 Å². The molecule has 0 heterocycles. The molecule has 0 bridgehead atoms. The first kappa shape index (κ1) is 36.3. The molecule has 0 aliphatic heterocycles. The van der Waals surface area contributed by atoms with Gasteiger partial charge < -0.3 is 25.0 Å². The zero-order valence-electron chi connectivity index (χ0n) is 27.8. The summed E-state index contributed by atoms with van der Waals surface area (Å²) in [7, 11) is 0. The van der Waals surface area contributed by atoms with Crippen LogP contribution in [-0.4, -0.2) is 58.6 Å². The number of esters is 1. The minimum absolute atomic E-state index is 0.0637. The number of carbonyl (C=O) groups excluding carboxylic acids is 4. The van der Waals surface area contributed by atoms with Gasteiger partial charge in [-0.1, -0.05) is 81.4 Å². The molecule has 0 aliphatic carbocycles. The molecule has 9 heteroatoms. The van der Waals surface area contributed by atoms with Crippen molar-refractivity contribution in [2.75, 3.05) is 6.54 Å². The Hall–Kier alpha value is -3.88. The number of hydrogen-bond donors (Lipinski definition) is 2. The van der Waals surface area contributed by atoms with E-state index >= 15 is 0 Å². The molecule has 2 rings (SSSR count). The average Bonchev–Trinajstić information content (AvgIpc) is 2.90.